The molecule has 0 aromatic carbocycles. The van der Waals surface area contributed by atoms with Crippen LogP contribution >= 0.6 is 0 Å². The van der Waals surface area contributed by atoms with Crippen molar-refractivity contribution in [2.75, 3.05) is 25.1 Å². The molecule has 2 atom stereocenters. The van der Waals surface area contributed by atoms with Crippen LogP contribution in [-0.2, 0) is 9.84 Å². The Hall–Kier alpha value is -1.50. The molecule has 0 spiro atoms. The third-order valence-electron chi connectivity index (χ3n) is 3.65. The molecule has 118 valence electrons. The molecule has 0 amide bonds. The number of furan rings is 1. The Morgan fingerprint density at radius 2 is 2.29 bits per heavy atom. The number of aliphatic imine (C=N–C) groups is 1. The fraction of sp³-hybridized carbons (Fsp3) is 0.643. The van der Waals surface area contributed by atoms with Gasteiger partial charge in [0.05, 0.1) is 17.5 Å². The van der Waals surface area contributed by atoms with E-state index in [2.05, 4.69) is 15.6 Å². The summed E-state index contributed by atoms with van der Waals surface area (Å²) in [5.41, 5.74) is 0. The van der Waals surface area contributed by atoms with Crippen molar-refractivity contribution >= 4 is 15.8 Å². The average Bonchev–Trinajstić information content (AvgIpc) is 3.00. The zero-order chi connectivity index (χ0) is 15.5. The van der Waals surface area contributed by atoms with Gasteiger partial charge in [0, 0.05) is 13.6 Å². The van der Waals surface area contributed by atoms with Crippen LogP contribution in [0.5, 0.6) is 0 Å². The molecule has 21 heavy (non-hydrogen) atoms. The molecular weight excluding hydrogens is 290 g/mol. The van der Waals surface area contributed by atoms with Gasteiger partial charge in [0.2, 0.25) is 0 Å². The minimum absolute atomic E-state index is 0.00258. The zero-order valence-corrected chi connectivity index (χ0v) is 13.5. The molecule has 0 bridgehead atoms. The van der Waals surface area contributed by atoms with Crippen molar-refractivity contribution in [3.63, 3.8) is 0 Å². The van der Waals surface area contributed by atoms with Gasteiger partial charge in [0.1, 0.15) is 11.5 Å². The topological polar surface area (TPSA) is 83.7 Å². The van der Waals surface area contributed by atoms with Gasteiger partial charge in [-0.25, -0.2) is 8.42 Å². The average molecular weight is 313 g/mol. The van der Waals surface area contributed by atoms with Crippen LogP contribution in [0.2, 0.25) is 0 Å². The Kier molecular flexibility index (Phi) is 4.92. The minimum Gasteiger partial charge on any atom is -0.464 e. The second-order valence-electron chi connectivity index (χ2n) is 5.54. The van der Waals surface area contributed by atoms with Crippen LogP contribution in [0.4, 0.5) is 0 Å². The zero-order valence-electron chi connectivity index (χ0n) is 12.7. The molecule has 2 heterocycles. The summed E-state index contributed by atoms with van der Waals surface area (Å²) < 4.78 is 28.4. The van der Waals surface area contributed by atoms with E-state index in [1.54, 1.807) is 7.05 Å². The number of hydrogen-bond acceptors (Lipinski definition) is 4. The first-order valence-corrected chi connectivity index (χ1v) is 8.95. The fourth-order valence-corrected chi connectivity index (χ4v) is 4.29. The second kappa shape index (κ2) is 6.51. The SMILES string of the molecule is CN=C(NCC1CCS(=O)(=O)C1)NC(C)c1ccc(C)o1. The number of guanidine groups is 1. The van der Waals surface area contributed by atoms with E-state index in [4.69, 9.17) is 4.42 Å². The molecule has 1 aliphatic heterocycles. The lowest BCUT2D eigenvalue weighted by Crippen LogP contribution is -2.41. The molecule has 6 nitrogen and oxygen atoms in total. The normalized spacial score (nSPS) is 23.0. The third kappa shape index (κ3) is 4.49. The Balaban J connectivity index is 1.84. The molecular formula is C14H23N3O3S. The Bertz CT molecular complexity index is 607. The smallest absolute Gasteiger partial charge is 0.191 e. The molecule has 1 fully saturated rings. The van der Waals surface area contributed by atoms with Crippen LogP contribution in [0.25, 0.3) is 0 Å². The first kappa shape index (κ1) is 15.9. The first-order chi connectivity index (χ1) is 9.89. The predicted molar refractivity (Wildman–Crippen MR) is 83.1 cm³/mol. The van der Waals surface area contributed by atoms with Crippen LogP contribution in [0.15, 0.2) is 21.5 Å². The molecule has 1 aromatic rings. The summed E-state index contributed by atoms with van der Waals surface area (Å²) in [7, 11) is -1.13. The van der Waals surface area contributed by atoms with Gasteiger partial charge >= 0.3 is 0 Å². The predicted octanol–water partition coefficient (Wildman–Crippen LogP) is 1.25. The summed E-state index contributed by atoms with van der Waals surface area (Å²) in [6, 6.07) is 3.86. The summed E-state index contributed by atoms with van der Waals surface area (Å²) in [4.78, 5) is 4.16. The molecule has 1 aromatic heterocycles. The highest BCUT2D eigenvalue weighted by Crippen LogP contribution is 2.18. The van der Waals surface area contributed by atoms with Crippen molar-refractivity contribution in [2.45, 2.75) is 26.3 Å². The summed E-state index contributed by atoms with van der Waals surface area (Å²) in [6.45, 7) is 4.51. The van der Waals surface area contributed by atoms with Gasteiger partial charge in [0.25, 0.3) is 0 Å². The van der Waals surface area contributed by atoms with E-state index >= 15 is 0 Å². The van der Waals surface area contributed by atoms with Gasteiger partial charge in [-0.15, -0.1) is 0 Å². The maximum absolute atomic E-state index is 11.4. The third-order valence-corrected chi connectivity index (χ3v) is 5.49. The van der Waals surface area contributed by atoms with Gasteiger partial charge in [-0.1, -0.05) is 0 Å². The highest BCUT2D eigenvalue weighted by molar-refractivity contribution is 7.91. The number of aryl methyl sites for hydroxylation is 1. The second-order valence-corrected chi connectivity index (χ2v) is 7.77. The summed E-state index contributed by atoms with van der Waals surface area (Å²) in [5.74, 6) is 3.10. The maximum atomic E-state index is 11.4. The molecule has 1 saturated heterocycles. The lowest BCUT2D eigenvalue weighted by atomic mass is 10.1. The monoisotopic (exact) mass is 313 g/mol. The number of hydrogen-bond donors (Lipinski definition) is 2. The molecule has 1 aliphatic rings. The molecule has 2 N–H and O–H groups in total. The van der Waals surface area contributed by atoms with Crippen LogP contribution in [0, 0.1) is 12.8 Å². The van der Waals surface area contributed by atoms with Crippen molar-refractivity contribution in [3.05, 3.63) is 23.7 Å². The minimum atomic E-state index is -2.83. The lowest BCUT2D eigenvalue weighted by molar-refractivity contribution is 0.440. The fourth-order valence-electron chi connectivity index (χ4n) is 2.43. The van der Waals surface area contributed by atoms with Crippen molar-refractivity contribution in [1.29, 1.82) is 0 Å². The number of nitrogens with zero attached hydrogens (tertiary/aromatic N) is 1. The summed E-state index contributed by atoms with van der Waals surface area (Å²) in [5, 5.41) is 6.43. The first-order valence-electron chi connectivity index (χ1n) is 7.13. The number of rotatable bonds is 4. The van der Waals surface area contributed by atoms with Crippen LogP contribution in [-0.4, -0.2) is 39.5 Å². The maximum Gasteiger partial charge on any atom is 0.191 e. The van der Waals surface area contributed by atoms with Crippen molar-refractivity contribution in [1.82, 2.24) is 10.6 Å². The van der Waals surface area contributed by atoms with Crippen LogP contribution in [0.1, 0.15) is 30.9 Å². The molecule has 7 heteroatoms. The van der Waals surface area contributed by atoms with E-state index in [1.165, 1.54) is 0 Å². The number of sulfone groups is 1. The van der Waals surface area contributed by atoms with E-state index < -0.39 is 9.84 Å². The highest BCUT2D eigenvalue weighted by atomic mass is 32.2. The van der Waals surface area contributed by atoms with Crippen LogP contribution in [0.3, 0.4) is 0 Å². The van der Waals surface area contributed by atoms with E-state index in [0.717, 1.165) is 17.9 Å². The van der Waals surface area contributed by atoms with E-state index in [9.17, 15) is 8.42 Å². The Morgan fingerprint density at radius 3 is 2.81 bits per heavy atom. The van der Waals surface area contributed by atoms with Gasteiger partial charge < -0.3 is 15.1 Å². The Labute approximate surface area is 125 Å². The molecule has 2 unspecified atom stereocenters. The van der Waals surface area contributed by atoms with Crippen molar-refractivity contribution in [3.8, 4) is 0 Å². The van der Waals surface area contributed by atoms with Crippen molar-refractivity contribution in [2.24, 2.45) is 10.9 Å². The van der Waals surface area contributed by atoms with E-state index in [-0.39, 0.29) is 17.7 Å². The summed E-state index contributed by atoms with van der Waals surface area (Å²) >= 11 is 0. The van der Waals surface area contributed by atoms with Gasteiger partial charge in [-0.05, 0) is 38.3 Å². The largest absolute Gasteiger partial charge is 0.464 e. The van der Waals surface area contributed by atoms with Gasteiger partial charge in [-0.3, -0.25) is 4.99 Å². The molecule has 0 saturated carbocycles. The van der Waals surface area contributed by atoms with Gasteiger partial charge in [-0.2, -0.15) is 0 Å². The highest BCUT2D eigenvalue weighted by Gasteiger charge is 2.27. The standard InChI is InChI=1S/C14H23N3O3S/c1-10-4-5-13(20-10)11(2)17-14(15-3)16-8-12-6-7-21(18,19)9-12/h4-5,11-12H,6-9H2,1-3H3,(H2,15,16,17). The summed E-state index contributed by atoms with van der Waals surface area (Å²) in [6.07, 6.45) is 0.721. The van der Waals surface area contributed by atoms with Gasteiger partial charge in [0.15, 0.2) is 15.8 Å². The van der Waals surface area contributed by atoms with E-state index in [1.807, 2.05) is 26.0 Å². The van der Waals surface area contributed by atoms with Crippen LogP contribution < -0.4 is 10.6 Å². The molecule has 2 rings (SSSR count). The quantitative estimate of drug-likeness (QED) is 0.645. The lowest BCUT2D eigenvalue weighted by Gasteiger charge is -2.18. The van der Waals surface area contributed by atoms with Crippen molar-refractivity contribution < 1.29 is 12.8 Å². The van der Waals surface area contributed by atoms with E-state index in [0.29, 0.717) is 18.3 Å². The Morgan fingerprint density at radius 1 is 1.52 bits per heavy atom. The molecule has 0 radical (unpaired) electrons. The number of nitrogens with one attached hydrogen (secondary N) is 2. The molecule has 0 aliphatic carbocycles.